The van der Waals surface area contributed by atoms with Crippen molar-refractivity contribution in [2.45, 2.75) is 39.8 Å². The molecule has 0 radical (unpaired) electrons. The van der Waals surface area contributed by atoms with Crippen LogP contribution in [-0.4, -0.2) is 34.1 Å². The van der Waals surface area contributed by atoms with Crippen LogP contribution in [0, 0.1) is 5.41 Å². The largest absolute Gasteiger partial charge is 0.337 e. The Bertz CT molecular complexity index is 337. The number of hydrogen-bond acceptors (Lipinski definition) is 3. The molecule has 98 valence electrons. The minimum atomic E-state index is 0.185. The van der Waals surface area contributed by atoms with Gasteiger partial charge in [0.05, 0.1) is 6.54 Å². The first-order valence-corrected chi connectivity index (χ1v) is 6.21. The van der Waals surface area contributed by atoms with Crippen molar-refractivity contribution in [2.75, 3.05) is 13.6 Å². The lowest BCUT2D eigenvalue weighted by molar-refractivity contribution is 0.247. The van der Waals surface area contributed by atoms with Crippen molar-refractivity contribution in [3.63, 3.8) is 0 Å². The molecule has 0 bridgehead atoms. The zero-order valence-corrected chi connectivity index (χ0v) is 11.8. The van der Waals surface area contributed by atoms with Crippen molar-refractivity contribution >= 4 is 0 Å². The zero-order valence-electron chi connectivity index (χ0n) is 11.8. The van der Waals surface area contributed by atoms with Gasteiger partial charge in [0.25, 0.3) is 0 Å². The van der Waals surface area contributed by atoms with E-state index < -0.39 is 0 Å². The van der Waals surface area contributed by atoms with Crippen LogP contribution in [-0.2, 0) is 13.6 Å². The first kappa shape index (κ1) is 14.2. The molecule has 1 aromatic heterocycles. The van der Waals surface area contributed by atoms with Crippen molar-refractivity contribution in [3.8, 4) is 0 Å². The third-order valence-electron chi connectivity index (χ3n) is 3.27. The predicted octanol–water partition coefficient (Wildman–Crippen LogP) is 1.62. The van der Waals surface area contributed by atoms with Crippen molar-refractivity contribution in [3.05, 3.63) is 18.2 Å². The monoisotopic (exact) mass is 238 g/mol. The number of rotatable bonds is 5. The Morgan fingerprint density at radius 3 is 2.59 bits per heavy atom. The fraction of sp³-hybridized carbons (Fsp3) is 0.769. The number of hydrogen-bond donors (Lipinski definition) is 1. The second kappa shape index (κ2) is 5.65. The smallest absolute Gasteiger partial charge is 0.122 e. The SMILES string of the molecule is CN(CCC(N)C(C)(C)C)Cc1nccn1C. The zero-order chi connectivity index (χ0) is 13.1. The van der Waals surface area contributed by atoms with Gasteiger partial charge in [-0.3, -0.25) is 4.90 Å². The Hall–Kier alpha value is -0.870. The van der Waals surface area contributed by atoms with Gasteiger partial charge in [-0.1, -0.05) is 20.8 Å². The molecule has 0 aliphatic heterocycles. The van der Waals surface area contributed by atoms with Crippen LogP contribution in [0.25, 0.3) is 0 Å². The molecule has 0 aliphatic carbocycles. The summed E-state index contributed by atoms with van der Waals surface area (Å²) >= 11 is 0. The van der Waals surface area contributed by atoms with Crippen molar-refractivity contribution < 1.29 is 0 Å². The molecule has 0 spiro atoms. The number of imidazole rings is 1. The molecule has 0 saturated carbocycles. The summed E-state index contributed by atoms with van der Waals surface area (Å²) < 4.78 is 2.06. The van der Waals surface area contributed by atoms with Crippen molar-refractivity contribution in [2.24, 2.45) is 18.2 Å². The number of nitrogens with two attached hydrogens (primary N) is 1. The molecular weight excluding hydrogens is 212 g/mol. The van der Waals surface area contributed by atoms with E-state index in [1.165, 1.54) is 0 Å². The third kappa shape index (κ3) is 4.48. The maximum Gasteiger partial charge on any atom is 0.122 e. The summed E-state index contributed by atoms with van der Waals surface area (Å²) in [5, 5.41) is 0. The van der Waals surface area contributed by atoms with E-state index in [1.807, 2.05) is 19.4 Å². The molecule has 17 heavy (non-hydrogen) atoms. The molecule has 0 saturated heterocycles. The average Bonchev–Trinajstić information content (AvgIpc) is 2.59. The Labute approximate surface area is 105 Å². The highest BCUT2D eigenvalue weighted by Crippen LogP contribution is 2.19. The van der Waals surface area contributed by atoms with Crippen molar-refractivity contribution in [1.29, 1.82) is 0 Å². The lowest BCUT2D eigenvalue weighted by Crippen LogP contribution is -2.38. The van der Waals surface area contributed by atoms with E-state index in [2.05, 4.69) is 42.3 Å². The quantitative estimate of drug-likeness (QED) is 0.848. The molecule has 2 N–H and O–H groups in total. The molecule has 1 aromatic rings. The molecular formula is C13H26N4. The van der Waals surface area contributed by atoms with Gasteiger partial charge in [0.15, 0.2) is 0 Å². The van der Waals surface area contributed by atoms with Crippen LogP contribution < -0.4 is 5.73 Å². The Kier molecular flexibility index (Phi) is 4.71. The molecule has 0 amide bonds. The summed E-state index contributed by atoms with van der Waals surface area (Å²) in [5.74, 6) is 1.09. The van der Waals surface area contributed by atoms with Gasteiger partial charge < -0.3 is 10.3 Å². The number of aromatic nitrogens is 2. The highest BCUT2D eigenvalue weighted by atomic mass is 15.1. The van der Waals surface area contributed by atoms with Gasteiger partial charge in [-0.05, 0) is 25.4 Å². The fourth-order valence-corrected chi connectivity index (χ4v) is 1.66. The fourth-order valence-electron chi connectivity index (χ4n) is 1.66. The maximum atomic E-state index is 6.15. The Balaban J connectivity index is 2.36. The summed E-state index contributed by atoms with van der Waals surface area (Å²) in [6, 6.07) is 0.242. The van der Waals surface area contributed by atoms with Gasteiger partial charge >= 0.3 is 0 Å². The summed E-state index contributed by atoms with van der Waals surface area (Å²) in [6.07, 6.45) is 4.83. The van der Waals surface area contributed by atoms with Gasteiger partial charge in [0.1, 0.15) is 5.82 Å². The predicted molar refractivity (Wildman–Crippen MR) is 71.6 cm³/mol. The first-order valence-electron chi connectivity index (χ1n) is 6.21. The summed E-state index contributed by atoms with van der Waals surface area (Å²) in [6.45, 7) is 8.45. The van der Waals surface area contributed by atoms with Crippen LogP contribution in [0.4, 0.5) is 0 Å². The average molecular weight is 238 g/mol. The molecule has 1 atom stereocenters. The van der Waals surface area contributed by atoms with E-state index in [0.29, 0.717) is 0 Å². The molecule has 4 heteroatoms. The normalized spacial score (nSPS) is 14.3. The molecule has 1 unspecified atom stereocenters. The van der Waals surface area contributed by atoms with E-state index in [0.717, 1.165) is 25.3 Å². The third-order valence-corrected chi connectivity index (χ3v) is 3.27. The maximum absolute atomic E-state index is 6.15. The van der Waals surface area contributed by atoms with E-state index >= 15 is 0 Å². The summed E-state index contributed by atoms with van der Waals surface area (Å²) in [4.78, 5) is 6.59. The van der Waals surface area contributed by atoms with Gasteiger partial charge in [0.2, 0.25) is 0 Å². The van der Waals surface area contributed by atoms with E-state index in [9.17, 15) is 0 Å². The summed E-state index contributed by atoms with van der Waals surface area (Å²) in [7, 11) is 4.14. The van der Waals surface area contributed by atoms with Crippen LogP contribution in [0.15, 0.2) is 12.4 Å². The van der Waals surface area contributed by atoms with Gasteiger partial charge in [-0.25, -0.2) is 4.98 Å². The number of nitrogens with zero attached hydrogens (tertiary/aromatic N) is 3. The van der Waals surface area contributed by atoms with Gasteiger partial charge in [0, 0.05) is 25.5 Å². The number of aryl methyl sites for hydroxylation is 1. The van der Waals surface area contributed by atoms with E-state index in [4.69, 9.17) is 5.73 Å². The second-order valence-corrected chi connectivity index (χ2v) is 5.95. The Morgan fingerprint density at radius 1 is 1.47 bits per heavy atom. The minimum Gasteiger partial charge on any atom is -0.337 e. The highest BCUT2D eigenvalue weighted by molar-refractivity contribution is 4.90. The topological polar surface area (TPSA) is 47.1 Å². The van der Waals surface area contributed by atoms with Crippen LogP contribution in [0.1, 0.15) is 33.0 Å². The molecule has 0 aliphatic rings. The second-order valence-electron chi connectivity index (χ2n) is 5.95. The van der Waals surface area contributed by atoms with E-state index in [1.54, 1.807) is 0 Å². The van der Waals surface area contributed by atoms with Crippen LogP contribution in [0.2, 0.25) is 0 Å². The van der Waals surface area contributed by atoms with Crippen LogP contribution in [0.3, 0.4) is 0 Å². The van der Waals surface area contributed by atoms with Crippen molar-refractivity contribution in [1.82, 2.24) is 14.5 Å². The molecule has 1 heterocycles. The molecule has 4 nitrogen and oxygen atoms in total. The lowest BCUT2D eigenvalue weighted by atomic mass is 9.85. The highest BCUT2D eigenvalue weighted by Gasteiger charge is 2.20. The Morgan fingerprint density at radius 2 is 2.12 bits per heavy atom. The standard InChI is InChI=1S/C13H26N4/c1-13(2,3)11(14)6-8-16(4)10-12-15-7-9-17(12)5/h7,9,11H,6,8,10,14H2,1-5H3. The minimum absolute atomic E-state index is 0.185. The van der Waals surface area contributed by atoms with Crippen LogP contribution >= 0.6 is 0 Å². The van der Waals surface area contributed by atoms with Gasteiger partial charge in [-0.2, -0.15) is 0 Å². The van der Waals surface area contributed by atoms with Crippen LogP contribution in [0.5, 0.6) is 0 Å². The molecule has 1 rings (SSSR count). The molecule has 0 aromatic carbocycles. The lowest BCUT2D eigenvalue weighted by Gasteiger charge is -2.28. The van der Waals surface area contributed by atoms with Gasteiger partial charge in [-0.15, -0.1) is 0 Å². The first-order chi connectivity index (χ1) is 7.80. The summed E-state index contributed by atoms with van der Waals surface area (Å²) in [5.41, 5.74) is 6.34. The molecule has 0 fully saturated rings. The van der Waals surface area contributed by atoms with E-state index in [-0.39, 0.29) is 11.5 Å².